The summed E-state index contributed by atoms with van der Waals surface area (Å²) in [5, 5.41) is 0.532. The van der Waals surface area contributed by atoms with E-state index >= 15 is 0 Å². The van der Waals surface area contributed by atoms with Crippen LogP contribution in [-0.4, -0.2) is 32.2 Å². The van der Waals surface area contributed by atoms with Gasteiger partial charge in [0.2, 0.25) is 5.43 Å². The average Bonchev–Trinajstić information content (AvgIpc) is 2.77. The maximum Gasteiger partial charge on any atom is 0.340 e. The maximum absolute atomic E-state index is 13.2. The van der Waals surface area contributed by atoms with Crippen LogP contribution >= 0.6 is 0 Å². The predicted molar refractivity (Wildman–Crippen MR) is 106 cm³/mol. The molecule has 1 aliphatic heterocycles. The van der Waals surface area contributed by atoms with Gasteiger partial charge in [0.25, 0.3) is 0 Å². The predicted octanol–water partition coefficient (Wildman–Crippen LogP) is 0.916. The summed E-state index contributed by atoms with van der Waals surface area (Å²) in [7, 11) is 2.43. The highest BCUT2D eigenvalue weighted by molar-refractivity contribution is 6.19. The fourth-order valence-corrected chi connectivity index (χ4v) is 3.43. The van der Waals surface area contributed by atoms with E-state index in [1.165, 1.54) is 25.3 Å². The Hall–Kier alpha value is -3.87. The molecule has 0 radical (unpaired) electrons. The number of hydrogen-bond acceptors (Lipinski definition) is 7. The van der Waals surface area contributed by atoms with Gasteiger partial charge in [0.15, 0.2) is 11.5 Å². The number of anilines is 1. The minimum Gasteiger partial charge on any atom is -0.467 e. The second-order valence-corrected chi connectivity index (χ2v) is 6.37. The Kier molecular flexibility index (Phi) is 4.64. The molecule has 1 unspecified atom stereocenters. The van der Waals surface area contributed by atoms with E-state index < -0.39 is 18.0 Å². The van der Waals surface area contributed by atoms with E-state index in [2.05, 4.69) is 0 Å². The van der Waals surface area contributed by atoms with Crippen LogP contribution in [0.25, 0.3) is 22.7 Å². The number of carbonyl (C=O) groups is 2. The van der Waals surface area contributed by atoms with Crippen molar-refractivity contribution in [2.75, 3.05) is 19.1 Å². The van der Waals surface area contributed by atoms with E-state index in [0.717, 1.165) is 0 Å². The standard InChI is InChI=1S/C22H17NO6/c1-27-21(25)17-18(22(26)28-2)23(13-8-4-3-5-9-13)12-15-19(24)14-10-6-7-11-16(14)29-20(15)17/h3-12,18H,1-2H3. The molecule has 0 aliphatic carbocycles. The molecule has 0 saturated carbocycles. The first-order valence-corrected chi connectivity index (χ1v) is 8.84. The van der Waals surface area contributed by atoms with Gasteiger partial charge in [-0.2, -0.15) is 0 Å². The van der Waals surface area contributed by atoms with Crippen LogP contribution in [0, 0.1) is 0 Å². The lowest BCUT2D eigenvalue weighted by Crippen LogP contribution is -2.55. The lowest BCUT2D eigenvalue weighted by atomic mass is 10.00. The molecule has 1 aliphatic rings. The van der Waals surface area contributed by atoms with Crippen LogP contribution in [0.15, 0.2) is 63.8 Å². The number of carbonyl (C=O) groups excluding carboxylic acids is 2. The van der Waals surface area contributed by atoms with Gasteiger partial charge in [-0.05, 0) is 24.3 Å². The number of fused-ring (bicyclic) bond motifs is 2. The molecule has 146 valence electrons. The zero-order chi connectivity index (χ0) is 20.5. The molecule has 0 N–H and O–H groups in total. The molecule has 0 amide bonds. The Balaban J connectivity index is 2.18. The van der Waals surface area contributed by atoms with Crippen LogP contribution in [-0.2, 0) is 19.1 Å². The van der Waals surface area contributed by atoms with E-state index in [4.69, 9.17) is 13.9 Å². The second kappa shape index (κ2) is 7.27. The first-order valence-electron chi connectivity index (χ1n) is 8.84. The third-order valence-electron chi connectivity index (χ3n) is 4.78. The Morgan fingerprint density at radius 3 is 2.34 bits per heavy atom. The molecule has 29 heavy (non-hydrogen) atoms. The van der Waals surface area contributed by atoms with Crippen molar-refractivity contribution >= 4 is 40.4 Å². The van der Waals surface area contributed by atoms with Gasteiger partial charge in [-0.15, -0.1) is 0 Å². The molecule has 0 spiro atoms. The third-order valence-corrected chi connectivity index (χ3v) is 4.78. The van der Waals surface area contributed by atoms with Crippen LogP contribution in [0.4, 0.5) is 5.69 Å². The highest BCUT2D eigenvalue weighted by Crippen LogP contribution is 2.25. The molecule has 1 aromatic heterocycles. The number of hydrogen-bond donors (Lipinski definition) is 0. The fourth-order valence-electron chi connectivity index (χ4n) is 3.43. The highest BCUT2D eigenvalue weighted by Gasteiger charge is 2.39. The van der Waals surface area contributed by atoms with Crippen molar-refractivity contribution < 1.29 is 23.5 Å². The highest BCUT2D eigenvalue weighted by atomic mass is 16.5. The first-order chi connectivity index (χ1) is 14.1. The monoisotopic (exact) mass is 391 g/mol. The molecule has 0 fully saturated rings. The van der Waals surface area contributed by atoms with Crippen molar-refractivity contribution in [3.05, 3.63) is 75.5 Å². The molecule has 4 rings (SSSR count). The molecule has 2 heterocycles. The zero-order valence-electron chi connectivity index (χ0n) is 15.7. The SMILES string of the molecule is COC(=O)C1=c2oc3ccccc3c(=O)c2=CN(c2ccccc2)C1C(=O)OC. The summed E-state index contributed by atoms with van der Waals surface area (Å²) >= 11 is 0. The number of ether oxygens (including phenoxy) is 2. The summed E-state index contributed by atoms with van der Waals surface area (Å²) in [6.07, 6.45) is 1.51. The van der Waals surface area contributed by atoms with E-state index in [1.54, 1.807) is 48.5 Å². The van der Waals surface area contributed by atoms with Gasteiger partial charge < -0.3 is 18.8 Å². The van der Waals surface area contributed by atoms with Gasteiger partial charge in [0, 0.05) is 11.9 Å². The molecule has 3 aromatic rings. The van der Waals surface area contributed by atoms with Gasteiger partial charge in [0.1, 0.15) is 11.2 Å². The number of methoxy groups -OCH3 is 2. The quantitative estimate of drug-likeness (QED) is 0.614. The zero-order valence-corrected chi connectivity index (χ0v) is 15.7. The van der Waals surface area contributed by atoms with Crippen molar-refractivity contribution in [3.8, 4) is 0 Å². The molecule has 0 bridgehead atoms. The summed E-state index contributed by atoms with van der Waals surface area (Å²) < 4.78 is 15.8. The molecule has 0 saturated heterocycles. The smallest absolute Gasteiger partial charge is 0.340 e. The second-order valence-electron chi connectivity index (χ2n) is 6.37. The van der Waals surface area contributed by atoms with Crippen LogP contribution in [0.3, 0.4) is 0 Å². The topological polar surface area (TPSA) is 86.0 Å². The van der Waals surface area contributed by atoms with Crippen molar-refractivity contribution in [2.24, 2.45) is 0 Å². The van der Waals surface area contributed by atoms with E-state index in [9.17, 15) is 14.4 Å². The Bertz CT molecular complexity index is 1290. The molecular formula is C22H17NO6. The summed E-state index contributed by atoms with van der Waals surface area (Å²) in [5.41, 5.74) is 0.504. The van der Waals surface area contributed by atoms with Crippen molar-refractivity contribution in [1.29, 1.82) is 0 Å². The minimum atomic E-state index is -1.17. The molecule has 7 nitrogen and oxygen atoms in total. The molecule has 2 aromatic carbocycles. The third kappa shape index (κ3) is 2.97. The molecule has 1 atom stereocenters. The van der Waals surface area contributed by atoms with Gasteiger partial charge >= 0.3 is 11.9 Å². The Morgan fingerprint density at radius 2 is 1.66 bits per heavy atom. The van der Waals surface area contributed by atoms with Crippen LogP contribution < -0.4 is 21.0 Å². The lowest BCUT2D eigenvalue weighted by molar-refractivity contribution is -0.142. The number of esters is 2. The normalized spacial score (nSPS) is 15.4. The van der Waals surface area contributed by atoms with Crippen LogP contribution in [0.5, 0.6) is 0 Å². The largest absolute Gasteiger partial charge is 0.467 e. The average molecular weight is 391 g/mol. The van der Waals surface area contributed by atoms with Gasteiger partial charge in [-0.3, -0.25) is 4.79 Å². The Morgan fingerprint density at radius 1 is 0.966 bits per heavy atom. The van der Waals surface area contributed by atoms with E-state index in [0.29, 0.717) is 16.7 Å². The summed E-state index contributed by atoms with van der Waals surface area (Å²) in [6.45, 7) is 0. The summed E-state index contributed by atoms with van der Waals surface area (Å²) in [4.78, 5) is 40.1. The number of nitrogens with zero attached hydrogens (tertiary/aromatic N) is 1. The van der Waals surface area contributed by atoms with Crippen molar-refractivity contribution in [1.82, 2.24) is 0 Å². The lowest BCUT2D eigenvalue weighted by Gasteiger charge is -2.31. The Labute approximate surface area is 165 Å². The van der Waals surface area contributed by atoms with E-state index in [-0.39, 0.29) is 21.6 Å². The summed E-state index contributed by atoms with van der Waals surface area (Å²) in [5.74, 6) is -1.47. The summed E-state index contributed by atoms with van der Waals surface area (Å²) in [6, 6.07) is 14.5. The van der Waals surface area contributed by atoms with Gasteiger partial charge in [-0.1, -0.05) is 30.3 Å². The van der Waals surface area contributed by atoms with Crippen LogP contribution in [0.1, 0.15) is 0 Å². The number of rotatable bonds is 3. The van der Waals surface area contributed by atoms with E-state index in [1.807, 2.05) is 6.07 Å². The van der Waals surface area contributed by atoms with Crippen molar-refractivity contribution in [2.45, 2.75) is 6.04 Å². The fraction of sp³-hybridized carbons (Fsp3) is 0.136. The van der Waals surface area contributed by atoms with Crippen molar-refractivity contribution in [3.63, 3.8) is 0 Å². The van der Waals surface area contributed by atoms with Gasteiger partial charge in [-0.25, -0.2) is 9.59 Å². The first kappa shape index (κ1) is 18.5. The molecule has 7 heteroatoms. The van der Waals surface area contributed by atoms with Crippen LogP contribution in [0.2, 0.25) is 0 Å². The number of benzene rings is 2. The molecular weight excluding hydrogens is 374 g/mol. The minimum absolute atomic E-state index is 0.00290. The maximum atomic E-state index is 13.2. The number of para-hydroxylation sites is 2. The van der Waals surface area contributed by atoms with Gasteiger partial charge in [0.05, 0.1) is 24.8 Å².